The van der Waals surface area contributed by atoms with Crippen LogP contribution in [0.1, 0.15) is 78.4 Å². The molecule has 0 radical (unpaired) electrons. The van der Waals surface area contributed by atoms with Crippen LogP contribution in [0.15, 0.2) is 54.7 Å². The minimum atomic E-state index is -0.553. The Morgan fingerprint density at radius 3 is 2.38 bits per heavy atom. The minimum absolute atomic E-state index is 0.0194. The lowest BCUT2D eigenvalue weighted by Crippen LogP contribution is -2.41. The van der Waals surface area contributed by atoms with Gasteiger partial charge in [0, 0.05) is 30.3 Å². The zero-order valence-electron chi connectivity index (χ0n) is 22.1. The number of amides is 2. The fraction of sp³-hybridized carbons (Fsp3) is 0.379. The molecule has 1 fully saturated rings. The summed E-state index contributed by atoms with van der Waals surface area (Å²) in [6, 6.07) is 14.9. The van der Waals surface area contributed by atoms with Gasteiger partial charge in [-0.2, -0.15) is 5.10 Å². The van der Waals surface area contributed by atoms with Gasteiger partial charge in [0.05, 0.1) is 23.1 Å². The normalized spacial score (nSPS) is 14.4. The number of likely N-dealkylation sites (tertiary alicyclic amines) is 1. The molecular formula is C29H34N4O4. The predicted molar refractivity (Wildman–Crippen MR) is 142 cm³/mol. The van der Waals surface area contributed by atoms with Gasteiger partial charge in [-0.3, -0.25) is 9.59 Å². The number of nitrogens with zero attached hydrogens (tertiary/aromatic N) is 3. The molecule has 0 saturated carbocycles. The van der Waals surface area contributed by atoms with Crippen LogP contribution in [0.5, 0.6) is 0 Å². The van der Waals surface area contributed by atoms with Crippen LogP contribution in [0.3, 0.4) is 0 Å². The van der Waals surface area contributed by atoms with E-state index in [0.29, 0.717) is 42.7 Å². The van der Waals surface area contributed by atoms with Crippen molar-refractivity contribution in [3.8, 4) is 5.69 Å². The first kappa shape index (κ1) is 26.1. The number of ketones is 1. The number of nitrogens with one attached hydrogen (secondary N) is 1. The monoisotopic (exact) mass is 502 g/mol. The van der Waals surface area contributed by atoms with Crippen molar-refractivity contribution in [3.63, 3.8) is 0 Å². The number of carbonyl (C=O) groups is 3. The third-order valence-corrected chi connectivity index (χ3v) is 6.36. The van der Waals surface area contributed by atoms with Crippen LogP contribution < -0.4 is 5.32 Å². The number of aryl methyl sites for hydroxylation is 1. The molecule has 0 spiro atoms. The number of hydrogen-bond donors (Lipinski definition) is 1. The van der Waals surface area contributed by atoms with Gasteiger partial charge in [0.2, 0.25) is 0 Å². The third kappa shape index (κ3) is 6.25. The second-order valence-corrected chi connectivity index (χ2v) is 10.5. The summed E-state index contributed by atoms with van der Waals surface area (Å²) in [7, 11) is 0. The van der Waals surface area contributed by atoms with E-state index in [-0.39, 0.29) is 23.7 Å². The molecule has 0 bridgehead atoms. The van der Waals surface area contributed by atoms with Crippen molar-refractivity contribution in [2.45, 2.75) is 59.0 Å². The number of carbonyl (C=O) groups excluding carboxylic acids is 3. The molecule has 3 aromatic rings. The fourth-order valence-electron chi connectivity index (χ4n) is 4.57. The summed E-state index contributed by atoms with van der Waals surface area (Å²) in [6.45, 7) is 10.1. The predicted octanol–water partition coefficient (Wildman–Crippen LogP) is 5.75. The quantitative estimate of drug-likeness (QED) is 0.449. The first-order valence-electron chi connectivity index (χ1n) is 12.6. The molecule has 8 heteroatoms. The van der Waals surface area contributed by atoms with E-state index in [2.05, 4.69) is 10.4 Å². The van der Waals surface area contributed by atoms with E-state index in [1.54, 1.807) is 35.4 Å². The number of rotatable bonds is 5. The Labute approximate surface area is 217 Å². The van der Waals surface area contributed by atoms with Gasteiger partial charge in [0.1, 0.15) is 5.60 Å². The maximum Gasteiger partial charge on any atom is 0.410 e. The molecule has 0 aliphatic carbocycles. The molecule has 0 unspecified atom stereocenters. The van der Waals surface area contributed by atoms with E-state index in [1.165, 1.54) is 6.92 Å². The highest BCUT2D eigenvalue weighted by molar-refractivity contribution is 6.06. The second kappa shape index (κ2) is 10.6. The van der Waals surface area contributed by atoms with E-state index >= 15 is 0 Å². The number of Topliss-reactive ketones (excluding diaryl/α,β-unsaturated/α-hetero) is 1. The van der Waals surface area contributed by atoms with Gasteiger partial charge in [-0.1, -0.05) is 24.3 Å². The number of aromatic nitrogens is 2. The van der Waals surface area contributed by atoms with E-state index < -0.39 is 5.60 Å². The van der Waals surface area contributed by atoms with Crippen LogP contribution in [0.4, 0.5) is 10.5 Å². The zero-order valence-corrected chi connectivity index (χ0v) is 22.1. The summed E-state index contributed by atoms with van der Waals surface area (Å²) in [4.78, 5) is 39.6. The molecule has 1 N–H and O–H groups in total. The van der Waals surface area contributed by atoms with Gasteiger partial charge in [-0.25, -0.2) is 9.48 Å². The van der Waals surface area contributed by atoms with Crippen LogP contribution in [0, 0.1) is 6.92 Å². The van der Waals surface area contributed by atoms with Crippen LogP contribution in [0.2, 0.25) is 0 Å². The Bertz CT molecular complexity index is 1310. The lowest BCUT2D eigenvalue weighted by molar-refractivity contribution is 0.0203. The first-order valence-corrected chi connectivity index (χ1v) is 12.6. The van der Waals surface area contributed by atoms with Gasteiger partial charge in [0.25, 0.3) is 5.91 Å². The van der Waals surface area contributed by atoms with E-state index in [0.717, 1.165) is 16.9 Å². The lowest BCUT2D eigenvalue weighted by atomic mass is 9.90. The standard InChI is InChI=1S/C29H34N4O4/c1-19-8-6-11-24(16-19)33-26(21-12-14-32(15-13-21)28(36)37-29(3,4)5)25(18-30-33)27(35)31-23-10-7-9-22(17-23)20(2)34/h6-11,16-18,21H,12-15H2,1-5H3,(H,31,35). The maximum atomic E-state index is 13.5. The highest BCUT2D eigenvalue weighted by Gasteiger charge is 2.32. The molecule has 37 heavy (non-hydrogen) atoms. The molecule has 1 aliphatic heterocycles. The van der Waals surface area contributed by atoms with Crippen molar-refractivity contribution < 1.29 is 19.1 Å². The molecule has 2 aromatic carbocycles. The molecule has 2 heterocycles. The van der Waals surface area contributed by atoms with Crippen molar-refractivity contribution in [2.75, 3.05) is 18.4 Å². The molecule has 1 aliphatic rings. The van der Waals surface area contributed by atoms with Gasteiger partial charge in [0.15, 0.2) is 5.78 Å². The zero-order chi connectivity index (χ0) is 26.7. The Hall–Kier alpha value is -3.94. The van der Waals surface area contributed by atoms with Gasteiger partial charge in [-0.05, 0) is 77.3 Å². The first-order chi connectivity index (χ1) is 17.5. The minimum Gasteiger partial charge on any atom is -0.444 e. The molecule has 1 aromatic heterocycles. The van der Waals surface area contributed by atoms with E-state index in [1.807, 2.05) is 56.6 Å². The van der Waals surface area contributed by atoms with Gasteiger partial charge >= 0.3 is 6.09 Å². The largest absolute Gasteiger partial charge is 0.444 e. The van der Waals surface area contributed by atoms with Crippen LogP contribution >= 0.6 is 0 Å². The van der Waals surface area contributed by atoms with Crippen molar-refractivity contribution in [2.24, 2.45) is 0 Å². The molecule has 2 amide bonds. The average Bonchev–Trinajstić information content (AvgIpc) is 3.29. The lowest BCUT2D eigenvalue weighted by Gasteiger charge is -2.34. The number of benzene rings is 2. The molecular weight excluding hydrogens is 468 g/mol. The fourth-order valence-corrected chi connectivity index (χ4v) is 4.57. The van der Waals surface area contributed by atoms with Crippen molar-refractivity contribution >= 4 is 23.5 Å². The van der Waals surface area contributed by atoms with Crippen LogP contribution in [-0.4, -0.2) is 51.2 Å². The molecule has 194 valence electrons. The molecule has 4 rings (SSSR count). The van der Waals surface area contributed by atoms with Gasteiger partial charge < -0.3 is 15.0 Å². The summed E-state index contributed by atoms with van der Waals surface area (Å²) in [5.41, 5.74) is 3.78. The Balaban J connectivity index is 1.63. The van der Waals surface area contributed by atoms with E-state index in [9.17, 15) is 14.4 Å². The SMILES string of the molecule is CC(=O)c1cccc(NC(=O)c2cnn(-c3cccc(C)c3)c2C2CCN(C(=O)OC(C)(C)C)CC2)c1. The second-order valence-electron chi connectivity index (χ2n) is 10.5. The van der Waals surface area contributed by atoms with Crippen LogP contribution in [-0.2, 0) is 4.74 Å². The van der Waals surface area contributed by atoms with Crippen molar-refractivity contribution in [1.29, 1.82) is 0 Å². The highest BCUT2D eigenvalue weighted by atomic mass is 16.6. The summed E-state index contributed by atoms with van der Waals surface area (Å²) >= 11 is 0. The highest BCUT2D eigenvalue weighted by Crippen LogP contribution is 2.33. The summed E-state index contributed by atoms with van der Waals surface area (Å²) in [5.74, 6) is -0.337. The van der Waals surface area contributed by atoms with E-state index in [4.69, 9.17) is 4.74 Å². The van der Waals surface area contributed by atoms with Gasteiger partial charge in [-0.15, -0.1) is 0 Å². The molecule has 8 nitrogen and oxygen atoms in total. The van der Waals surface area contributed by atoms with Crippen molar-refractivity contribution in [1.82, 2.24) is 14.7 Å². The Morgan fingerprint density at radius 1 is 1.03 bits per heavy atom. The summed E-state index contributed by atoms with van der Waals surface area (Å²) in [6.07, 6.45) is 2.64. The maximum absolute atomic E-state index is 13.5. The van der Waals surface area contributed by atoms with Crippen molar-refractivity contribution in [3.05, 3.63) is 77.1 Å². The number of piperidine rings is 1. The summed E-state index contributed by atoms with van der Waals surface area (Å²) < 4.78 is 7.38. The Kier molecular flexibility index (Phi) is 7.47. The average molecular weight is 503 g/mol. The smallest absolute Gasteiger partial charge is 0.410 e. The summed E-state index contributed by atoms with van der Waals surface area (Å²) in [5, 5.41) is 7.54. The Morgan fingerprint density at radius 2 is 1.73 bits per heavy atom. The topological polar surface area (TPSA) is 93.5 Å². The molecule has 0 atom stereocenters. The number of hydrogen-bond acceptors (Lipinski definition) is 5. The number of anilines is 1. The van der Waals surface area contributed by atoms with Crippen LogP contribution in [0.25, 0.3) is 5.69 Å². The third-order valence-electron chi connectivity index (χ3n) is 6.36. The number of ether oxygens (including phenoxy) is 1. The molecule has 1 saturated heterocycles.